The first kappa shape index (κ1) is 18.8. The van der Waals surface area contributed by atoms with Crippen molar-refractivity contribution in [2.24, 2.45) is 0 Å². The molecular formula is C18H17NO7. The van der Waals surface area contributed by atoms with Gasteiger partial charge in [-0.25, -0.2) is 14.4 Å². The fourth-order valence-corrected chi connectivity index (χ4v) is 2.40. The highest BCUT2D eigenvalue weighted by molar-refractivity contribution is 6.07. The highest BCUT2D eigenvalue weighted by Crippen LogP contribution is 2.33. The maximum absolute atomic E-state index is 12.4. The van der Waals surface area contributed by atoms with Crippen molar-refractivity contribution in [3.63, 3.8) is 0 Å². The van der Waals surface area contributed by atoms with E-state index in [0.717, 1.165) is 20.3 Å². The van der Waals surface area contributed by atoms with Crippen LogP contribution in [0.1, 0.15) is 15.9 Å². The number of benzene rings is 1. The van der Waals surface area contributed by atoms with Gasteiger partial charge in [-0.15, -0.1) is 0 Å². The Morgan fingerprint density at radius 1 is 1.04 bits per heavy atom. The highest BCUT2D eigenvalue weighted by atomic mass is 16.5. The molecule has 1 aliphatic heterocycles. The van der Waals surface area contributed by atoms with E-state index in [0.29, 0.717) is 5.56 Å². The molecule has 0 amide bonds. The molecule has 0 bridgehead atoms. The van der Waals surface area contributed by atoms with E-state index in [-0.39, 0.29) is 28.3 Å². The molecule has 26 heavy (non-hydrogen) atoms. The van der Waals surface area contributed by atoms with Crippen LogP contribution in [0.2, 0.25) is 0 Å². The van der Waals surface area contributed by atoms with Gasteiger partial charge in [0.25, 0.3) is 0 Å². The molecule has 0 aliphatic carbocycles. The molecule has 2 N–H and O–H groups in total. The third kappa shape index (κ3) is 3.44. The minimum Gasteiger partial charge on any atom is -0.508 e. The van der Waals surface area contributed by atoms with Crippen molar-refractivity contribution in [2.45, 2.75) is 6.92 Å². The maximum Gasteiger partial charge on any atom is 0.355 e. The number of aromatic hydroxyl groups is 1. The van der Waals surface area contributed by atoms with Gasteiger partial charge in [0.15, 0.2) is 0 Å². The highest BCUT2D eigenvalue weighted by Gasteiger charge is 2.30. The summed E-state index contributed by atoms with van der Waals surface area (Å²) < 4.78 is 9.47. The Bertz CT molecular complexity index is 865. The monoisotopic (exact) mass is 359 g/mol. The Hall–Kier alpha value is -3.55. The molecule has 136 valence electrons. The summed E-state index contributed by atoms with van der Waals surface area (Å²) in [6, 6.07) is 2.47. The van der Waals surface area contributed by atoms with Crippen LogP contribution >= 0.6 is 0 Å². The largest absolute Gasteiger partial charge is 0.508 e. The summed E-state index contributed by atoms with van der Waals surface area (Å²) >= 11 is 0. The number of aryl methyl sites for hydroxylation is 1. The lowest BCUT2D eigenvalue weighted by Crippen LogP contribution is -2.28. The molecule has 0 unspecified atom stereocenters. The number of nitrogens with zero attached hydrogens (tertiary/aromatic N) is 1. The molecule has 1 aromatic carbocycles. The first-order valence-corrected chi connectivity index (χ1v) is 7.43. The van der Waals surface area contributed by atoms with Gasteiger partial charge >= 0.3 is 17.9 Å². The Morgan fingerprint density at radius 3 is 2.27 bits per heavy atom. The summed E-state index contributed by atoms with van der Waals surface area (Å²) in [5.74, 6) is -3.17. The topological polar surface area (TPSA) is 113 Å². The zero-order chi connectivity index (χ0) is 19.4. The molecule has 0 spiro atoms. The van der Waals surface area contributed by atoms with Crippen molar-refractivity contribution in [3.8, 4) is 5.75 Å². The third-order valence-electron chi connectivity index (χ3n) is 3.69. The summed E-state index contributed by atoms with van der Waals surface area (Å²) in [5.41, 5.74) is -0.109. The Labute approximate surface area is 149 Å². The average Bonchev–Trinajstić information content (AvgIpc) is 2.84. The average molecular weight is 359 g/mol. The molecule has 0 radical (unpaired) electrons. The lowest BCUT2D eigenvalue weighted by molar-refractivity contribution is -0.139. The second-order valence-corrected chi connectivity index (χ2v) is 5.28. The number of allylic oxidation sites excluding steroid dienone is 2. The zero-order valence-corrected chi connectivity index (χ0v) is 14.3. The third-order valence-corrected chi connectivity index (χ3v) is 3.69. The minimum atomic E-state index is -1.32. The fraction of sp³-hybridized carbons (Fsp3) is 0.167. The molecule has 2 rings (SSSR count). The lowest BCUT2D eigenvalue weighted by Gasteiger charge is -2.25. The number of carbonyl (C=O) groups excluding carboxylic acids is 2. The van der Waals surface area contributed by atoms with E-state index in [2.05, 4.69) is 0 Å². The van der Waals surface area contributed by atoms with Crippen LogP contribution in [0.25, 0.3) is 0 Å². The first-order chi connectivity index (χ1) is 12.3. The van der Waals surface area contributed by atoms with Gasteiger partial charge < -0.3 is 24.6 Å². The van der Waals surface area contributed by atoms with Crippen molar-refractivity contribution in [1.82, 2.24) is 0 Å². The van der Waals surface area contributed by atoms with Crippen LogP contribution in [-0.4, -0.2) is 42.3 Å². The van der Waals surface area contributed by atoms with Crippen LogP contribution < -0.4 is 4.90 Å². The summed E-state index contributed by atoms with van der Waals surface area (Å²) in [5, 5.41) is 19.3. The summed E-state index contributed by atoms with van der Waals surface area (Å²) in [7, 11) is 2.30. The fourth-order valence-electron chi connectivity index (χ4n) is 2.40. The van der Waals surface area contributed by atoms with Crippen LogP contribution in [0.15, 0.2) is 47.8 Å². The van der Waals surface area contributed by atoms with E-state index < -0.39 is 17.9 Å². The van der Waals surface area contributed by atoms with Gasteiger partial charge in [-0.3, -0.25) is 0 Å². The van der Waals surface area contributed by atoms with E-state index >= 15 is 0 Å². The first-order valence-electron chi connectivity index (χ1n) is 7.43. The summed E-state index contributed by atoms with van der Waals surface area (Å²) in [6.45, 7) is 1.58. The minimum absolute atomic E-state index is 0.0783. The van der Waals surface area contributed by atoms with Gasteiger partial charge in [0.1, 0.15) is 11.4 Å². The number of hydrogen-bond acceptors (Lipinski definition) is 7. The molecule has 8 nitrogen and oxygen atoms in total. The van der Waals surface area contributed by atoms with Gasteiger partial charge in [-0.2, -0.15) is 0 Å². The quantitative estimate of drug-likeness (QED) is 0.784. The number of phenols is 1. The number of ether oxygens (including phenoxy) is 2. The smallest absolute Gasteiger partial charge is 0.355 e. The molecule has 1 aromatic rings. The zero-order valence-electron chi connectivity index (χ0n) is 14.3. The number of rotatable bonds is 4. The number of anilines is 1. The van der Waals surface area contributed by atoms with Gasteiger partial charge in [0.05, 0.1) is 31.0 Å². The van der Waals surface area contributed by atoms with E-state index in [1.54, 1.807) is 6.92 Å². The summed E-state index contributed by atoms with van der Waals surface area (Å²) in [4.78, 5) is 37.3. The second kappa shape index (κ2) is 7.56. The number of carboxylic acid groups (broad SMARTS) is 1. The molecule has 8 heteroatoms. The van der Waals surface area contributed by atoms with E-state index in [9.17, 15) is 24.6 Å². The number of methoxy groups -OCH3 is 2. The lowest BCUT2D eigenvalue weighted by atomic mass is 10.1. The van der Waals surface area contributed by atoms with E-state index in [1.165, 1.54) is 35.4 Å². The maximum atomic E-state index is 12.4. The van der Waals surface area contributed by atoms with Gasteiger partial charge in [-0.05, 0) is 36.8 Å². The van der Waals surface area contributed by atoms with Gasteiger partial charge in [-0.1, -0.05) is 6.08 Å². The number of esters is 2. The Kier molecular flexibility index (Phi) is 5.46. The molecule has 0 fully saturated rings. The Balaban J connectivity index is 2.81. The van der Waals surface area contributed by atoms with E-state index in [4.69, 9.17) is 9.47 Å². The van der Waals surface area contributed by atoms with E-state index in [1.807, 2.05) is 0 Å². The molecule has 0 saturated heterocycles. The number of hydrogen-bond donors (Lipinski definition) is 2. The number of carbonyl (C=O) groups is 3. The van der Waals surface area contributed by atoms with Gasteiger partial charge in [0, 0.05) is 6.20 Å². The predicted molar refractivity (Wildman–Crippen MR) is 91.6 cm³/mol. The predicted octanol–water partition coefficient (Wildman–Crippen LogP) is 1.89. The molecule has 1 aliphatic rings. The number of carboxylic acids is 1. The normalized spacial score (nSPS) is 13.4. The summed E-state index contributed by atoms with van der Waals surface area (Å²) in [6.07, 6.45) is 5.80. The van der Waals surface area contributed by atoms with Crippen LogP contribution in [0.4, 0.5) is 5.69 Å². The molecule has 1 heterocycles. The van der Waals surface area contributed by atoms with Crippen LogP contribution in [0.3, 0.4) is 0 Å². The van der Waals surface area contributed by atoms with Crippen molar-refractivity contribution in [2.75, 3.05) is 19.1 Å². The standard InChI is InChI=1S/C18H17NO7/c1-10-8-13(12(16(21)22)9-14(10)20)19-7-5-4-6-11(17(23)25-2)15(19)18(24)26-3/h4-9,20H,1-3H3,(H,21,22). The molecular weight excluding hydrogens is 342 g/mol. The van der Waals surface area contributed by atoms with Crippen molar-refractivity contribution in [1.29, 1.82) is 0 Å². The number of phenolic OH excluding ortho intramolecular Hbond substituents is 1. The molecule has 0 aromatic heterocycles. The molecule has 0 saturated carbocycles. The SMILES string of the molecule is COC(=O)C1=C(C(=O)OC)N(c2cc(C)c(O)cc2C(=O)O)C=CC=C1. The molecule has 0 atom stereocenters. The van der Waals surface area contributed by atoms with Crippen molar-refractivity contribution in [3.05, 3.63) is 59.0 Å². The number of aromatic carboxylic acids is 1. The van der Waals surface area contributed by atoms with Crippen molar-refractivity contribution >= 4 is 23.6 Å². The van der Waals surface area contributed by atoms with Crippen LogP contribution in [0.5, 0.6) is 5.75 Å². The van der Waals surface area contributed by atoms with Crippen LogP contribution in [0, 0.1) is 6.92 Å². The van der Waals surface area contributed by atoms with Crippen LogP contribution in [-0.2, 0) is 19.1 Å². The second-order valence-electron chi connectivity index (χ2n) is 5.28. The van der Waals surface area contributed by atoms with Crippen molar-refractivity contribution < 1.29 is 34.1 Å². The Morgan fingerprint density at radius 2 is 1.69 bits per heavy atom. The van der Waals surface area contributed by atoms with Gasteiger partial charge in [0.2, 0.25) is 0 Å².